The van der Waals surface area contributed by atoms with Gasteiger partial charge in [0, 0.05) is 26.2 Å². The zero-order chi connectivity index (χ0) is 14.2. The predicted octanol–water partition coefficient (Wildman–Crippen LogP) is 0.292. The zero-order valence-electron chi connectivity index (χ0n) is 11.2. The van der Waals surface area contributed by atoms with Crippen LogP contribution in [0.1, 0.15) is 12.8 Å². The number of hydrogen-bond donors (Lipinski definition) is 0. The van der Waals surface area contributed by atoms with Crippen LogP contribution in [0.4, 0.5) is 0 Å². The van der Waals surface area contributed by atoms with Crippen molar-refractivity contribution in [2.45, 2.75) is 23.9 Å². The summed E-state index contributed by atoms with van der Waals surface area (Å²) in [5.41, 5.74) is 0. The van der Waals surface area contributed by atoms with E-state index in [9.17, 15) is 8.42 Å². The molecule has 0 radical (unpaired) electrons. The Morgan fingerprint density at radius 2 is 2.16 bits per heavy atom. The standard InChI is InChI=1S/C10H18BrN5O2S/c1-14(2)7-8-5-4-6-16(8)19(17,18)10-9(11)12-13-15(10)3/h8H,4-7H2,1-3H3. The summed E-state index contributed by atoms with van der Waals surface area (Å²) in [7, 11) is 1.93. The molecule has 0 amide bonds. The fourth-order valence-corrected chi connectivity index (χ4v) is 5.16. The maximum absolute atomic E-state index is 12.7. The Bertz CT molecular complexity index is 537. The first kappa shape index (κ1) is 14.9. The van der Waals surface area contributed by atoms with Crippen LogP contribution in [0.25, 0.3) is 0 Å². The Morgan fingerprint density at radius 3 is 2.68 bits per heavy atom. The zero-order valence-corrected chi connectivity index (χ0v) is 13.6. The Kier molecular flexibility index (Phi) is 4.29. The second-order valence-corrected chi connectivity index (χ2v) is 7.54. The van der Waals surface area contributed by atoms with Crippen molar-refractivity contribution in [3.63, 3.8) is 0 Å². The van der Waals surface area contributed by atoms with Gasteiger partial charge in [-0.2, -0.15) is 4.31 Å². The molecule has 1 atom stereocenters. The van der Waals surface area contributed by atoms with Gasteiger partial charge in [-0.05, 0) is 42.9 Å². The van der Waals surface area contributed by atoms with Crippen LogP contribution in [-0.4, -0.2) is 65.8 Å². The molecule has 1 saturated heterocycles. The largest absolute Gasteiger partial charge is 0.308 e. The summed E-state index contributed by atoms with van der Waals surface area (Å²) in [5.74, 6) is 0. The minimum atomic E-state index is -3.55. The molecule has 0 N–H and O–H groups in total. The molecule has 9 heteroatoms. The van der Waals surface area contributed by atoms with Crippen molar-refractivity contribution in [2.24, 2.45) is 7.05 Å². The van der Waals surface area contributed by atoms with E-state index >= 15 is 0 Å². The summed E-state index contributed by atoms with van der Waals surface area (Å²) in [5, 5.41) is 7.62. The summed E-state index contributed by atoms with van der Waals surface area (Å²) in [6.07, 6.45) is 1.78. The van der Waals surface area contributed by atoms with Crippen molar-refractivity contribution in [3.05, 3.63) is 4.60 Å². The summed E-state index contributed by atoms with van der Waals surface area (Å²) in [6, 6.07) is 0.0156. The maximum atomic E-state index is 12.7. The summed E-state index contributed by atoms with van der Waals surface area (Å²) in [4.78, 5) is 2.01. The number of aromatic nitrogens is 3. The average Bonchev–Trinajstić information content (AvgIpc) is 2.85. The van der Waals surface area contributed by atoms with Crippen LogP contribution >= 0.6 is 15.9 Å². The lowest BCUT2D eigenvalue weighted by Crippen LogP contribution is -2.41. The van der Waals surface area contributed by atoms with Crippen molar-refractivity contribution in [1.82, 2.24) is 24.2 Å². The van der Waals surface area contributed by atoms with Gasteiger partial charge in [0.05, 0.1) is 0 Å². The minimum Gasteiger partial charge on any atom is -0.308 e. The normalized spacial score (nSPS) is 21.4. The molecule has 2 heterocycles. The molecule has 0 saturated carbocycles. The van der Waals surface area contributed by atoms with E-state index in [2.05, 4.69) is 26.2 Å². The lowest BCUT2D eigenvalue weighted by molar-refractivity contribution is 0.290. The number of rotatable bonds is 4. The molecule has 0 spiro atoms. The van der Waals surface area contributed by atoms with Crippen molar-refractivity contribution in [2.75, 3.05) is 27.2 Å². The van der Waals surface area contributed by atoms with Crippen LogP contribution in [0.2, 0.25) is 0 Å². The van der Waals surface area contributed by atoms with Crippen LogP contribution in [0, 0.1) is 0 Å². The predicted molar refractivity (Wildman–Crippen MR) is 74.2 cm³/mol. The number of hydrogen-bond acceptors (Lipinski definition) is 5. The van der Waals surface area contributed by atoms with Crippen LogP contribution < -0.4 is 0 Å². The van der Waals surface area contributed by atoms with Gasteiger partial charge in [0.2, 0.25) is 5.03 Å². The minimum absolute atomic E-state index is 0.0156. The molecule has 1 unspecified atom stereocenters. The molecule has 1 aliphatic heterocycles. The van der Waals surface area contributed by atoms with E-state index in [4.69, 9.17) is 0 Å². The van der Waals surface area contributed by atoms with Gasteiger partial charge in [-0.1, -0.05) is 5.21 Å². The second kappa shape index (κ2) is 5.47. The molecular weight excluding hydrogens is 334 g/mol. The fraction of sp³-hybridized carbons (Fsp3) is 0.800. The monoisotopic (exact) mass is 351 g/mol. The van der Waals surface area contributed by atoms with E-state index in [1.54, 1.807) is 11.4 Å². The van der Waals surface area contributed by atoms with Crippen molar-refractivity contribution < 1.29 is 8.42 Å². The van der Waals surface area contributed by atoms with E-state index in [0.29, 0.717) is 6.54 Å². The maximum Gasteiger partial charge on any atom is 0.263 e. The third-order valence-electron chi connectivity index (χ3n) is 3.19. The molecule has 0 aromatic carbocycles. The van der Waals surface area contributed by atoms with Gasteiger partial charge in [0.25, 0.3) is 10.0 Å². The molecule has 7 nitrogen and oxygen atoms in total. The number of likely N-dealkylation sites (N-methyl/N-ethyl adjacent to an activating group) is 1. The van der Waals surface area contributed by atoms with E-state index in [0.717, 1.165) is 19.4 Å². The molecule has 1 aromatic rings. The van der Waals surface area contributed by atoms with Gasteiger partial charge in [-0.3, -0.25) is 0 Å². The third-order valence-corrected chi connectivity index (χ3v) is 6.03. The molecular formula is C10H18BrN5O2S. The Labute approximate surface area is 121 Å². The van der Waals surface area contributed by atoms with Crippen LogP contribution in [-0.2, 0) is 17.1 Å². The molecule has 19 heavy (non-hydrogen) atoms. The Balaban J connectivity index is 2.34. The highest BCUT2D eigenvalue weighted by Crippen LogP contribution is 2.29. The lowest BCUT2D eigenvalue weighted by atomic mass is 10.2. The fourth-order valence-electron chi connectivity index (χ4n) is 2.44. The highest BCUT2D eigenvalue weighted by atomic mass is 79.9. The van der Waals surface area contributed by atoms with Crippen LogP contribution in [0.3, 0.4) is 0 Å². The highest BCUT2D eigenvalue weighted by molar-refractivity contribution is 9.10. The Morgan fingerprint density at radius 1 is 1.47 bits per heavy atom. The van der Waals surface area contributed by atoms with Crippen molar-refractivity contribution in [3.8, 4) is 0 Å². The molecule has 2 rings (SSSR count). The first-order chi connectivity index (χ1) is 8.84. The van der Waals surface area contributed by atoms with E-state index in [1.807, 2.05) is 19.0 Å². The molecule has 0 bridgehead atoms. The SMILES string of the molecule is CN(C)CC1CCCN1S(=O)(=O)c1c(Br)nnn1C. The van der Waals surface area contributed by atoms with Crippen molar-refractivity contribution in [1.29, 1.82) is 0 Å². The summed E-state index contributed by atoms with van der Waals surface area (Å²) >= 11 is 3.16. The van der Waals surface area contributed by atoms with Crippen LogP contribution in [0.5, 0.6) is 0 Å². The Hall–Kier alpha value is -0.510. The molecule has 1 fully saturated rings. The molecule has 0 aliphatic carbocycles. The molecule has 1 aliphatic rings. The van der Waals surface area contributed by atoms with Gasteiger partial charge in [-0.15, -0.1) is 5.10 Å². The van der Waals surface area contributed by atoms with E-state index in [-0.39, 0.29) is 15.7 Å². The summed E-state index contributed by atoms with van der Waals surface area (Å²) < 4.78 is 28.5. The van der Waals surface area contributed by atoms with Gasteiger partial charge in [-0.25, -0.2) is 13.1 Å². The number of nitrogens with zero attached hydrogens (tertiary/aromatic N) is 5. The van der Waals surface area contributed by atoms with Crippen LogP contribution in [0.15, 0.2) is 9.63 Å². The van der Waals surface area contributed by atoms with Gasteiger partial charge in [0.15, 0.2) is 4.60 Å². The summed E-state index contributed by atoms with van der Waals surface area (Å²) in [6.45, 7) is 1.28. The van der Waals surface area contributed by atoms with Gasteiger partial charge >= 0.3 is 0 Å². The smallest absolute Gasteiger partial charge is 0.263 e. The average molecular weight is 352 g/mol. The quantitative estimate of drug-likeness (QED) is 0.779. The van der Waals surface area contributed by atoms with E-state index in [1.165, 1.54) is 4.68 Å². The van der Waals surface area contributed by atoms with Gasteiger partial charge < -0.3 is 4.90 Å². The molecule has 1 aromatic heterocycles. The molecule has 108 valence electrons. The van der Waals surface area contributed by atoms with Gasteiger partial charge in [0.1, 0.15) is 0 Å². The lowest BCUT2D eigenvalue weighted by Gasteiger charge is -2.26. The topological polar surface area (TPSA) is 71.3 Å². The van der Waals surface area contributed by atoms with Crippen molar-refractivity contribution >= 4 is 26.0 Å². The number of halogens is 1. The second-order valence-electron chi connectivity index (χ2n) is 4.98. The first-order valence-corrected chi connectivity index (χ1v) is 8.29. The highest BCUT2D eigenvalue weighted by Gasteiger charge is 2.38. The number of sulfonamides is 1. The first-order valence-electron chi connectivity index (χ1n) is 6.06. The van der Waals surface area contributed by atoms with E-state index < -0.39 is 10.0 Å². The third kappa shape index (κ3) is 2.83. The number of aryl methyl sites for hydroxylation is 1.